The molecule has 2 N–H and O–H groups in total. The molecule has 2 aromatic rings. The van der Waals surface area contributed by atoms with Gasteiger partial charge in [0.25, 0.3) is 5.91 Å². The molecule has 0 saturated heterocycles. The minimum absolute atomic E-state index is 0.0306. The van der Waals surface area contributed by atoms with Crippen molar-refractivity contribution in [3.05, 3.63) is 47.2 Å². The molecule has 1 unspecified atom stereocenters. The summed E-state index contributed by atoms with van der Waals surface area (Å²) in [6.45, 7) is -0.168. The minimum atomic E-state index is -4.60. The maximum absolute atomic E-state index is 13.5. The van der Waals surface area contributed by atoms with E-state index in [9.17, 15) is 27.6 Å². The highest BCUT2D eigenvalue weighted by Crippen LogP contribution is 2.39. The van der Waals surface area contributed by atoms with Crippen LogP contribution in [0.4, 0.5) is 19.0 Å². The molecule has 1 aromatic carbocycles. The number of amides is 2. The Morgan fingerprint density at radius 3 is 2.62 bits per heavy atom. The normalized spacial score (nSPS) is 17.1. The monoisotopic (exact) mass is 478 g/mol. The van der Waals surface area contributed by atoms with Crippen molar-refractivity contribution in [2.24, 2.45) is 5.92 Å². The van der Waals surface area contributed by atoms with Crippen molar-refractivity contribution in [2.75, 3.05) is 5.32 Å². The molecule has 34 heavy (non-hydrogen) atoms. The van der Waals surface area contributed by atoms with Crippen LogP contribution in [-0.2, 0) is 28.9 Å². The quantitative estimate of drug-likeness (QED) is 0.599. The van der Waals surface area contributed by atoms with Gasteiger partial charge >= 0.3 is 12.1 Å². The first-order chi connectivity index (χ1) is 16.1. The van der Waals surface area contributed by atoms with E-state index in [2.05, 4.69) is 10.4 Å². The molecule has 1 fully saturated rings. The number of aryl methyl sites for hydroxylation is 1. The molecule has 0 radical (unpaired) electrons. The van der Waals surface area contributed by atoms with Gasteiger partial charge in [-0.05, 0) is 30.0 Å². The van der Waals surface area contributed by atoms with Crippen LogP contribution in [0.3, 0.4) is 0 Å². The van der Waals surface area contributed by atoms with E-state index in [4.69, 9.17) is 5.11 Å². The fraction of sp³-hybridized carbons (Fsp3) is 0.478. The number of carboxylic acid groups (broad SMARTS) is 1. The Balaban J connectivity index is 1.56. The van der Waals surface area contributed by atoms with Gasteiger partial charge in [-0.2, -0.15) is 18.3 Å². The van der Waals surface area contributed by atoms with Gasteiger partial charge in [-0.15, -0.1) is 0 Å². The second kappa shape index (κ2) is 9.47. The standard InChI is InChI=1S/C23H25F3N4O4/c24-23(25,26)17-7-3-6-15-16(17)13-30(22(15)34)18(12-14-4-1-2-5-14)21(33)27-19-8-10-29(28-19)11-9-20(31)32/h3,6-8,10,14,18H,1-2,4-5,9,11-13H2,(H,31,32)(H,27,28,33). The van der Waals surface area contributed by atoms with Crippen molar-refractivity contribution in [1.82, 2.24) is 14.7 Å². The highest BCUT2D eigenvalue weighted by atomic mass is 19.4. The molecule has 8 nitrogen and oxygen atoms in total. The van der Waals surface area contributed by atoms with Crippen molar-refractivity contribution in [1.29, 1.82) is 0 Å². The molecule has 2 heterocycles. The zero-order valence-electron chi connectivity index (χ0n) is 18.3. The van der Waals surface area contributed by atoms with Crippen molar-refractivity contribution in [2.45, 2.75) is 63.8 Å². The Labute approximate surface area is 193 Å². The Bertz CT molecular complexity index is 1090. The average Bonchev–Trinajstić information content (AvgIpc) is 3.51. The first-order valence-corrected chi connectivity index (χ1v) is 11.2. The number of benzene rings is 1. The molecule has 1 aliphatic carbocycles. The van der Waals surface area contributed by atoms with Crippen LogP contribution >= 0.6 is 0 Å². The number of carbonyl (C=O) groups is 3. The lowest BCUT2D eigenvalue weighted by Crippen LogP contribution is -2.45. The van der Waals surface area contributed by atoms with Gasteiger partial charge in [0.05, 0.1) is 18.5 Å². The van der Waals surface area contributed by atoms with E-state index in [1.165, 1.54) is 34.0 Å². The molecule has 0 spiro atoms. The van der Waals surface area contributed by atoms with Crippen LogP contribution < -0.4 is 5.32 Å². The summed E-state index contributed by atoms with van der Waals surface area (Å²) in [7, 11) is 0. The number of anilines is 1. The number of hydrogen-bond acceptors (Lipinski definition) is 4. The Kier molecular flexibility index (Phi) is 6.63. The maximum atomic E-state index is 13.5. The fourth-order valence-corrected chi connectivity index (χ4v) is 4.78. The number of rotatable bonds is 8. The number of fused-ring (bicyclic) bond motifs is 1. The second-order valence-electron chi connectivity index (χ2n) is 8.76. The summed E-state index contributed by atoms with van der Waals surface area (Å²) in [5, 5.41) is 15.6. The van der Waals surface area contributed by atoms with Crippen LogP contribution in [-0.4, -0.2) is 43.6 Å². The van der Waals surface area contributed by atoms with Crippen molar-refractivity contribution in [3.8, 4) is 0 Å². The number of aromatic nitrogens is 2. The van der Waals surface area contributed by atoms with Crippen LogP contribution in [0.15, 0.2) is 30.5 Å². The molecular weight excluding hydrogens is 453 g/mol. The van der Waals surface area contributed by atoms with Crippen LogP contribution in [0.5, 0.6) is 0 Å². The van der Waals surface area contributed by atoms with Gasteiger partial charge in [-0.1, -0.05) is 31.7 Å². The summed E-state index contributed by atoms with van der Waals surface area (Å²) in [4.78, 5) is 38.4. The Morgan fingerprint density at radius 2 is 1.94 bits per heavy atom. The van der Waals surface area contributed by atoms with Gasteiger partial charge in [-0.3, -0.25) is 19.1 Å². The molecule has 1 atom stereocenters. The predicted octanol–water partition coefficient (Wildman–Crippen LogP) is 3.92. The predicted molar refractivity (Wildman–Crippen MR) is 115 cm³/mol. The lowest BCUT2D eigenvalue weighted by atomic mass is 9.96. The molecular formula is C23H25F3N4O4. The molecule has 0 bridgehead atoms. The highest BCUT2D eigenvalue weighted by Gasteiger charge is 2.43. The van der Waals surface area contributed by atoms with Gasteiger partial charge in [0.2, 0.25) is 5.91 Å². The Morgan fingerprint density at radius 1 is 1.21 bits per heavy atom. The molecule has 2 amide bonds. The maximum Gasteiger partial charge on any atom is 0.416 e. The van der Waals surface area contributed by atoms with E-state index in [1.54, 1.807) is 0 Å². The van der Waals surface area contributed by atoms with E-state index >= 15 is 0 Å². The topological polar surface area (TPSA) is 105 Å². The molecule has 182 valence electrons. The molecule has 1 aliphatic heterocycles. The van der Waals surface area contributed by atoms with Crippen LogP contribution in [0, 0.1) is 5.92 Å². The summed E-state index contributed by atoms with van der Waals surface area (Å²) >= 11 is 0. The summed E-state index contributed by atoms with van der Waals surface area (Å²) in [6.07, 6.45) is 0.963. The molecule has 11 heteroatoms. The second-order valence-corrected chi connectivity index (χ2v) is 8.76. The van der Waals surface area contributed by atoms with E-state index in [1.807, 2.05) is 0 Å². The number of carbonyl (C=O) groups excluding carboxylic acids is 2. The van der Waals surface area contributed by atoms with E-state index < -0.39 is 35.6 Å². The Hall–Kier alpha value is -3.37. The number of hydrogen-bond donors (Lipinski definition) is 2. The summed E-state index contributed by atoms with van der Waals surface area (Å²) in [5.41, 5.74) is -1.00. The highest BCUT2D eigenvalue weighted by molar-refractivity contribution is 6.03. The number of halogens is 3. The minimum Gasteiger partial charge on any atom is -0.481 e. The van der Waals surface area contributed by atoms with Crippen LogP contribution in [0.1, 0.15) is 60.0 Å². The number of carboxylic acids is 1. The third-order valence-corrected chi connectivity index (χ3v) is 6.46. The third-order valence-electron chi connectivity index (χ3n) is 6.46. The van der Waals surface area contributed by atoms with E-state index in [0.717, 1.165) is 31.7 Å². The number of alkyl halides is 3. The largest absolute Gasteiger partial charge is 0.481 e. The first-order valence-electron chi connectivity index (χ1n) is 11.2. The number of aliphatic carboxylic acids is 1. The fourth-order valence-electron chi connectivity index (χ4n) is 4.78. The SMILES string of the molecule is O=C(O)CCn1ccc(NC(=O)C(CC2CCCC2)N2Cc3c(cccc3C(F)(F)F)C2=O)n1. The smallest absolute Gasteiger partial charge is 0.416 e. The lowest BCUT2D eigenvalue weighted by Gasteiger charge is -2.29. The van der Waals surface area contributed by atoms with Gasteiger partial charge < -0.3 is 15.3 Å². The van der Waals surface area contributed by atoms with Crippen molar-refractivity contribution < 1.29 is 32.7 Å². The molecule has 2 aliphatic rings. The average molecular weight is 478 g/mol. The van der Waals surface area contributed by atoms with Crippen molar-refractivity contribution >= 4 is 23.6 Å². The molecule has 1 aromatic heterocycles. The van der Waals surface area contributed by atoms with Crippen molar-refractivity contribution in [3.63, 3.8) is 0 Å². The van der Waals surface area contributed by atoms with Crippen LogP contribution in [0.2, 0.25) is 0 Å². The third kappa shape index (κ3) is 5.07. The molecule has 4 rings (SSSR count). The van der Waals surface area contributed by atoms with Gasteiger partial charge in [-0.25, -0.2) is 0 Å². The van der Waals surface area contributed by atoms with Gasteiger partial charge in [0, 0.05) is 24.4 Å². The number of nitrogens with one attached hydrogen (secondary N) is 1. The zero-order chi connectivity index (χ0) is 24.5. The van der Waals surface area contributed by atoms with E-state index in [0.29, 0.717) is 6.42 Å². The molecule has 1 saturated carbocycles. The van der Waals surface area contributed by atoms with E-state index in [-0.39, 0.29) is 42.4 Å². The lowest BCUT2D eigenvalue weighted by molar-refractivity contribution is -0.138. The first kappa shape index (κ1) is 23.8. The van der Waals surface area contributed by atoms with Gasteiger partial charge in [0.15, 0.2) is 5.82 Å². The summed E-state index contributed by atoms with van der Waals surface area (Å²) in [5.74, 6) is -1.71. The zero-order valence-corrected chi connectivity index (χ0v) is 18.3. The van der Waals surface area contributed by atoms with Crippen LogP contribution in [0.25, 0.3) is 0 Å². The number of nitrogens with zero attached hydrogens (tertiary/aromatic N) is 3. The van der Waals surface area contributed by atoms with Gasteiger partial charge in [0.1, 0.15) is 6.04 Å². The summed E-state index contributed by atoms with van der Waals surface area (Å²) < 4.78 is 42.0. The summed E-state index contributed by atoms with van der Waals surface area (Å²) in [6, 6.07) is 4.08.